The molecule has 3 nitrogen and oxygen atoms in total. The first-order chi connectivity index (χ1) is 9.70. The summed E-state index contributed by atoms with van der Waals surface area (Å²) in [6.07, 6.45) is 6.85. The van der Waals surface area contributed by atoms with Crippen LogP contribution in [0.5, 0.6) is 0 Å². The van der Waals surface area contributed by atoms with Gasteiger partial charge in [-0.25, -0.2) is 0 Å². The molecule has 0 unspecified atom stereocenters. The number of hydrogen-bond donors (Lipinski definition) is 1. The van der Waals surface area contributed by atoms with Gasteiger partial charge in [0.25, 0.3) is 0 Å². The molecular formula is C13H13Cl3I2O3. The van der Waals surface area contributed by atoms with Gasteiger partial charge in [-0.05, 0) is 32.2 Å². The van der Waals surface area contributed by atoms with Crippen LogP contribution < -0.4 is 0 Å². The van der Waals surface area contributed by atoms with E-state index in [2.05, 4.69) is 51.1 Å². The van der Waals surface area contributed by atoms with Crippen LogP contribution in [0.3, 0.4) is 0 Å². The molecule has 0 bridgehead atoms. The van der Waals surface area contributed by atoms with Crippen molar-refractivity contribution in [3.05, 3.63) is 19.7 Å². The van der Waals surface area contributed by atoms with Crippen molar-refractivity contribution in [2.45, 2.75) is 22.7 Å². The van der Waals surface area contributed by atoms with E-state index in [-0.39, 0.29) is 16.5 Å². The van der Waals surface area contributed by atoms with Gasteiger partial charge in [-0.15, -0.1) is 23.9 Å². The average Bonchev–Trinajstić information content (AvgIpc) is 2.57. The molecule has 0 heterocycles. The molecule has 1 rings (SSSR count). The van der Waals surface area contributed by atoms with Gasteiger partial charge in [-0.1, -0.05) is 45.8 Å². The number of terminal acetylenes is 1. The number of ether oxygens (including phenoxy) is 2. The van der Waals surface area contributed by atoms with E-state index in [1.165, 1.54) is 14.2 Å². The molecule has 0 fully saturated rings. The molecule has 0 aromatic rings. The van der Waals surface area contributed by atoms with E-state index in [9.17, 15) is 5.11 Å². The molecule has 21 heavy (non-hydrogen) atoms. The maximum atomic E-state index is 11.0. The zero-order valence-electron chi connectivity index (χ0n) is 11.2. The van der Waals surface area contributed by atoms with Crippen LogP contribution in [-0.2, 0) is 9.47 Å². The molecule has 1 N–H and O–H groups in total. The summed E-state index contributed by atoms with van der Waals surface area (Å²) in [4.78, 5) is -1.59. The molecule has 8 heteroatoms. The minimum atomic E-state index is -1.80. The third-order valence-corrected chi connectivity index (χ3v) is 8.02. The highest BCUT2D eigenvalue weighted by atomic mass is 127. The maximum Gasteiger partial charge on any atom is 0.233 e. The molecule has 0 aliphatic heterocycles. The van der Waals surface area contributed by atoms with Gasteiger partial charge >= 0.3 is 0 Å². The quantitative estimate of drug-likeness (QED) is 0.231. The molecule has 0 amide bonds. The molecule has 118 valence electrons. The van der Waals surface area contributed by atoms with Gasteiger partial charge in [0, 0.05) is 25.1 Å². The molecule has 0 spiro atoms. The van der Waals surface area contributed by atoms with Crippen LogP contribution in [-0.4, -0.2) is 40.0 Å². The molecule has 0 aromatic carbocycles. The van der Waals surface area contributed by atoms with Gasteiger partial charge in [-0.2, -0.15) is 0 Å². The van der Waals surface area contributed by atoms with Crippen molar-refractivity contribution in [2.75, 3.05) is 18.6 Å². The third kappa shape index (κ3) is 2.88. The molecule has 0 radical (unpaired) electrons. The van der Waals surface area contributed by atoms with Crippen molar-refractivity contribution in [3.8, 4) is 12.3 Å². The first-order valence-electron chi connectivity index (χ1n) is 5.65. The fraction of sp³-hybridized carbons (Fsp3) is 0.538. The van der Waals surface area contributed by atoms with Gasteiger partial charge in [0.15, 0.2) is 4.87 Å². The zero-order chi connectivity index (χ0) is 16.5. The van der Waals surface area contributed by atoms with E-state index in [0.717, 1.165) is 3.58 Å². The highest BCUT2D eigenvalue weighted by molar-refractivity contribution is 14.1. The highest BCUT2D eigenvalue weighted by Crippen LogP contribution is 2.60. The summed E-state index contributed by atoms with van der Waals surface area (Å²) in [5.41, 5.74) is -1.80. The second kappa shape index (κ2) is 7.43. The van der Waals surface area contributed by atoms with Gasteiger partial charge in [0.05, 0.1) is 10.1 Å². The van der Waals surface area contributed by atoms with Crippen molar-refractivity contribution >= 4 is 80.0 Å². The lowest BCUT2D eigenvalue weighted by Crippen LogP contribution is -2.60. The maximum absolute atomic E-state index is 11.0. The van der Waals surface area contributed by atoms with Crippen molar-refractivity contribution in [1.82, 2.24) is 0 Å². The van der Waals surface area contributed by atoms with Crippen LogP contribution >= 0.6 is 80.0 Å². The Morgan fingerprint density at radius 2 is 1.90 bits per heavy atom. The number of alkyl halides is 2. The summed E-state index contributed by atoms with van der Waals surface area (Å²) in [7, 11) is 2.75. The third-order valence-electron chi connectivity index (χ3n) is 3.34. The lowest BCUT2D eigenvalue weighted by molar-refractivity contribution is -0.203. The minimum Gasteiger partial charge on any atom is -0.381 e. The molecule has 2 atom stereocenters. The first-order valence-corrected chi connectivity index (χ1v) is 9.39. The fourth-order valence-corrected chi connectivity index (χ4v) is 4.61. The van der Waals surface area contributed by atoms with Gasteiger partial charge in [0.2, 0.25) is 5.79 Å². The number of rotatable bonds is 5. The fourth-order valence-electron chi connectivity index (χ4n) is 2.30. The number of halogens is 5. The second-order valence-electron chi connectivity index (χ2n) is 4.33. The Morgan fingerprint density at radius 1 is 1.38 bits per heavy atom. The van der Waals surface area contributed by atoms with Crippen molar-refractivity contribution in [3.63, 3.8) is 0 Å². The summed E-state index contributed by atoms with van der Waals surface area (Å²) in [6, 6.07) is 0. The van der Waals surface area contributed by atoms with E-state index in [4.69, 9.17) is 50.7 Å². The van der Waals surface area contributed by atoms with E-state index in [1.807, 2.05) is 0 Å². The molecular weight excluding hydrogens is 564 g/mol. The Labute approximate surface area is 166 Å². The van der Waals surface area contributed by atoms with Crippen LogP contribution in [0.4, 0.5) is 0 Å². The number of allylic oxidation sites excluding steroid dienone is 1. The average molecular weight is 577 g/mol. The van der Waals surface area contributed by atoms with Gasteiger partial charge in [0.1, 0.15) is 5.60 Å². The van der Waals surface area contributed by atoms with Gasteiger partial charge in [-0.3, -0.25) is 0 Å². The van der Waals surface area contributed by atoms with E-state index < -0.39 is 16.3 Å². The van der Waals surface area contributed by atoms with E-state index in [1.54, 1.807) is 6.08 Å². The van der Waals surface area contributed by atoms with Crippen LogP contribution in [0, 0.1) is 12.3 Å². The highest BCUT2D eigenvalue weighted by Gasteiger charge is 2.71. The standard InChI is InChI=1S/C13H13Cl3I2O3/c1-4-5-11(19)9(14)10(15)13(20-2,21-3)12(11,16)6-8(18)7-17/h1,6,19H,5,7H2,2-3H3/b8-6+/t11-,12-/m0/s1. The van der Waals surface area contributed by atoms with Crippen molar-refractivity contribution in [2.24, 2.45) is 0 Å². The Morgan fingerprint density at radius 3 is 2.29 bits per heavy atom. The summed E-state index contributed by atoms with van der Waals surface area (Å²) in [6.45, 7) is 0. The number of methoxy groups -OCH3 is 2. The molecule has 0 saturated carbocycles. The van der Waals surface area contributed by atoms with E-state index in [0.29, 0.717) is 4.43 Å². The van der Waals surface area contributed by atoms with Crippen LogP contribution in [0.1, 0.15) is 6.42 Å². The Balaban J connectivity index is 3.71. The summed E-state index contributed by atoms with van der Waals surface area (Å²) < 4.78 is 12.4. The normalized spacial score (nSPS) is 32.4. The molecule has 0 saturated heterocycles. The summed E-state index contributed by atoms with van der Waals surface area (Å²) >= 11 is 23.5. The molecule has 1 aliphatic carbocycles. The molecule has 1 aliphatic rings. The second-order valence-corrected chi connectivity index (χ2v) is 7.83. The largest absolute Gasteiger partial charge is 0.381 e. The minimum absolute atomic E-state index is 0.0178. The number of aliphatic hydroxyl groups is 1. The van der Waals surface area contributed by atoms with Crippen molar-refractivity contribution in [1.29, 1.82) is 0 Å². The topological polar surface area (TPSA) is 38.7 Å². The smallest absolute Gasteiger partial charge is 0.233 e. The Bertz CT molecular complexity index is 525. The lowest BCUT2D eigenvalue weighted by atomic mass is 9.83. The predicted octanol–water partition coefficient (Wildman–Crippen LogP) is 4.16. The predicted molar refractivity (Wildman–Crippen MR) is 103 cm³/mol. The van der Waals surface area contributed by atoms with Crippen LogP contribution in [0.2, 0.25) is 0 Å². The van der Waals surface area contributed by atoms with Crippen LogP contribution in [0.25, 0.3) is 0 Å². The van der Waals surface area contributed by atoms with Crippen LogP contribution in [0.15, 0.2) is 19.7 Å². The summed E-state index contributed by atoms with van der Waals surface area (Å²) in [5.74, 6) is 0.753. The van der Waals surface area contributed by atoms with E-state index >= 15 is 0 Å². The lowest BCUT2D eigenvalue weighted by Gasteiger charge is -2.44. The Kier molecular flexibility index (Phi) is 7.18. The molecule has 0 aromatic heterocycles. The summed E-state index contributed by atoms with van der Waals surface area (Å²) in [5, 5.41) is 10.9. The first kappa shape index (κ1) is 20.3. The zero-order valence-corrected chi connectivity index (χ0v) is 17.8. The Hall–Kier alpha value is 1.25. The monoisotopic (exact) mass is 576 g/mol. The van der Waals surface area contributed by atoms with Crippen molar-refractivity contribution < 1.29 is 14.6 Å². The van der Waals surface area contributed by atoms with Gasteiger partial charge < -0.3 is 14.6 Å². The SMILES string of the molecule is C#CC[C@]1(O)C(Cl)=C(Cl)C(OC)(OC)[C@]1(Cl)/C=C(/I)CI. The number of hydrogen-bond acceptors (Lipinski definition) is 3.